The highest BCUT2D eigenvalue weighted by molar-refractivity contribution is 7.83. The van der Waals surface area contributed by atoms with Crippen LogP contribution in [0.1, 0.15) is 115 Å². The molecule has 2 fully saturated rings. The number of nitrogens with zero attached hydrogens (tertiary/aromatic N) is 1. The lowest BCUT2D eigenvalue weighted by molar-refractivity contribution is 0.0916. The van der Waals surface area contributed by atoms with Crippen molar-refractivity contribution in [3.63, 3.8) is 0 Å². The maximum Gasteiger partial charge on any atom is 0.253 e. The Bertz CT molecular complexity index is 1140. The molecule has 2 aliphatic carbocycles. The molecule has 2 aliphatic rings. The van der Waals surface area contributed by atoms with Crippen LogP contribution in [0.3, 0.4) is 0 Å². The fourth-order valence-electron chi connectivity index (χ4n) is 5.56. The maximum atomic E-state index is 13.3. The van der Waals surface area contributed by atoms with Crippen molar-refractivity contribution in [2.24, 2.45) is 5.92 Å². The summed E-state index contributed by atoms with van der Waals surface area (Å²) in [5, 5.41) is 3.25. The smallest absolute Gasteiger partial charge is 0.253 e. The van der Waals surface area contributed by atoms with Gasteiger partial charge in [-0.3, -0.25) is 4.79 Å². The minimum Gasteiger partial charge on any atom is -0.349 e. The van der Waals surface area contributed by atoms with Gasteiger partial charge in [0.05, 0.1) is 10.5 Å². The van der Waals surface area contributed by atoms with Crippen LogP contribution in [0.2, 0.25) is 0 Å². The van der Waals surface area contributed by atoms with Crippen molar-refractivity contribution < 1.29 is 9.00 Å². The van der Waals surface area contributed by atoms with Crippen LogP contribution < -0.4 is 10.0 Å². The number of amides is 1. The van der Waals surface area contributed by atoms with E-state index in [0.29, 0.717) is 12.0 Å². The molecule has 1 atom stereocenters. The zero-order valence-electron chi connectivity index (χ0n) is 24.0. The van der Waals surface area contributed by atoms with E-state index >= 15 is 0 Å². The van der Waals surface area contributed by atoms with Crippen molar-refractivity contribution in [3.8, 4) is 11.3 Å². The second kappa shape index (κ2) is 11.1. The van der Waals surface area contributed by atoms with Gasteiger partial charge in [-0.15, -0.1) is 0 Å². The Morgan fingerprint density at radius 2 is 1.65 bits per heavy atom. The van der Waals surface area contributed by atoms with Crippen molar-refractivity contribution in [2.75, 3.05) is 0 Å². The third kappa shape index (κ3) is 6.75. The van der Waals surface area contributed by atoms with Crippen molar-refractivity contribution in [2.45, 2.75) is 128 Å². The predicted molar refractivity (Wildman–Crippen MR) is 154 cm³/mol. The van der Waals surface area contributed by atoms with Crippen LogP contribution in [0, 0.1) is 12.8 Å². The lowest BCUT2D eigenvalue weighted by Gasteiger charge is -2.27. The van der Waals surface area contributed by atoms with Crippen LogP contribution in [0.5, 0.6) is 0 Å². The molecule has 1 heterocycles. The maximum absolute atomic E-state index is 13.3. The minimum atomic E-state index is -1.32. The van der Waals surface area contributed by atoms with Crippen LogP contribution in [0.4, 0.5) is 0 Å². The molecular formula is C31H47N3O2S. The Hall–Kier alpha value is -1.92. The first-order chi connectivity index (χ1) is 17.3. The Balaban J connectivity index is 1.76. The zero-order chi connectivity index (χ0) is 27.0. The van der Waals surface area contributed by atoms with Gasteiger partial charge in [-0.1, -0.05) is 46.1 Å². The van der Waals surface area contributed by atoms with Crippen LogP contribution >= 0.6 is 0 Å². The summed E-state index contributed by atoms with van der Waals surface area (Å²) in [6.45, 7) is 15.7. The van der Waals surface area contributed by atoms with Gasteiger partial charge in [0.25, 0.3) is 5.91 Å². The Morgan fingerprint density at radius 1 is 0.973 bits per heavy atom. The SMILES string of the molecule is Cc1c(C(=O)NC2CCC2)cc(-c2ccc(S(=O)NC(C)(C)C)c(C(C)(C)C)c2)n1CC1CCCCC1. The van der Waals surface area contributed by atoms with E-state index in [-0.39, 0.29) is 16.9 Å². The predicted octanol–water partition coefficient (Wildman–Crippen LogP) is 7.03. The quantitative estimate of drug-likeness (QED) is 0.407. The third-order valence-electron chi connectivity index (χ3n) is 7.90. The fourth-order valence-corrected chi connectivity index (χ4v) is 6.99. The molecule has 0 spiro atoms. The molecule has 0 radical (unpaired) electrons. The molecule has 6 heteroatoms. The summed E-state index contributed by atoms with van der Waals surface area (Å²) in [5.41, 5.74) is 4.66. The molecule has 1 aromatic heterocycles. The normalized spacial score (nSPS) is 18.5. The topological polar surface area (TPSA) is 63.1 Å². The highest BCUT2D eigenvalue weighted by atomic mass is 32.2. The van der Waals surface area contributed by atoms with Gasteiger partial charge in [0.1, 0.15) is 11.0 Å². The van der Waals surface area contributed by atoms with E-state index in [1.165, 1.54) is 38.5 Å². The van der Waals surface area contributed by atoms with Gasteiger partial charge in [0, 0.05) is 29.5 Å². The summed E-state index contributed by atoms with van der Waals surface area (Å²) in [4.78, 5) is 14.1. The second-order valence-corrected chi connectivity index (χ2v) is 14.5. The Kier molecular flexibility index (Phi) is 8.40. The van der Waals surface area contributed by atoms with Gasteiger partial charge in [-0.05, 0) is 100 Å². The number of nitrogens with one attached hydrogen (secondary N) is 2. The number of carbonyl (C=O) groups is 1. The van der Waals surface area contributed by atoms with Gasteiger partial charge >= 0.3 is 0 Å². The Labute approximate surface area is 226 Å². The first-order valence-corrected chi connectivity index (χ1v) is 15.3. The summed E-state index contributed by atoms with van der Waals surface area (Å²) < 4.78 is 19.0. The average Bonchev–Trinajstić information content (AvgIpc) is 3.11. The molecule has 2 aromatic rings. The van der Waals surface area contributed by atoms with Gasteiger partial charge in [-0.2, -0.15) is 0 Å². The number of hydrogen-bond acceptors (Lipinski definition) is 2. The summed E-state index contributed by atoms with van der Waals surface area (Å²) in [7, 11) is -1.32. The van der Waals surface area contributed by atoms with Crippen molar-refractivity contribution >= 4 is 16.9 Å². The molecule has 4 rings (SSSR count). The van der Waals surface area contributed by atoms with Crippen molar-refractivity contribution in [3.05, 3.63) is 41.1 Å². The molecule has 0 saturated heterocycles. The summed E-state index contributed by atoms with van der Waals surface area (Å²) >= 11 is 0. The molecule has 0 bridgehead atoms. The molecular weight excluding hydrogens is 478 g/mol. The number of benzene rings is 1. The summed E-state index contributed by atoms with van der Waals surface area (Å²) in [6, 6.07) is 8.72. The van der Waals surface area contributed by atoms with Gasteiger partial charge in [-0.25, -0.2) is 8.93 Å². The highest BCUT2D eigenvalue weighted by Crippen LogP contribution is 2.36. The van der Waals surface area contributed by atoms with E-state index in [4.69, 9.17) is 0 Å². The number of hydrogen-bond donors (Lipinski definition) is 2. The van der Waals surface area contributed by atoms with Gasteiger partial charge < -0.3 is 9.88 Å². The summed E-state index contributed by atoms with van der Waals surface area (Å²) in [5.74, 6) is 0.694. The minimum absolute atomic E-state index is 0.0500. The Morgan fingerprint density at radius 3 is 2.22 bits per heavy atom. The monoisotopic (exact) mass is 525 g/mol. The average molecular weight is 526 g/mol. The number of aromatic nitrogens is 1. The van der Waals surface area contributed by atoms with E-state index in [1.54, 1.807) is 0 Å². The van der Waals surface area contributed by atoms with Crippen LogP contribution in [0.25, 0.3) is 11.3 Å². The van der Waals surface area contributed by atoms with E-state index < -0.39 is 11.0 Å². The molecule has 0 aliphatic heterocycles. The molecule has 1 amide bonds. The molecule has 1 aromatic carbocycles. The van der Waals surface area contributed by atoms with Crippen LogP contribution in [-0.2, 0) is 22.9 Å². The first-order valence-electron chi connectivity index (χ1n) is 14.2. The fraction of sp³-hybridized carbons (Fsp3) is 0.645. The summed E-state index contributed by atoms with van der Waals surface area (Å²) in [6.07, 6.45) is 9.79. The molecule has 5 nitrogen and oxygen atoms in total. The van der Waals surface area contributed by atoms with Crippen molar-refractivity contribution in [1.29, 1.82) is 0 Å². The molecule has 37 heavy (non-hydrogen) atoms. The standard InChI is InChI=1S/C31H47N3O2S/c1-21-25(29(35)32-24-14-11-15-24)19-27(34(21)20-22-12-9-8-10-13-22)23-16-17-28(26(18-23)30(2,3)4)37(36)33-31(5,6)7/h16-19,22,24,33H,8-15,20H2,1-7H3,(H,32,35). The van der Waals surface area contributed by atoms with E-state index in [9.17, 15) is 9.00 Å². The molecule has 2 saturated carbocycles. The third-order valence-corrected chi connectivity index (χ3v) is 9.45. The first kappa shape index (κ1) is 28.1. The van der Waals surface area contributed by atoms with Crippen LogP contribution in [0.15, 0.2) is 29.2 Å². The number of rotatable bonds is 7. The molecule has 1 unspecified atom stereocenters. The van der Waals surface area contributed by atoms with Crippen LogP contribution in [-0.4, -0.2) is 26.3 Å². The lowest BCUT2D eigenvalue weighted by atomic mass is 9.85. The number of carbonyl (C=O) groups excluding carboxylic acids is 1. The highest BCUT2D eigenvalue weighted by Gasteiger charge is 2.28. The van der Waals surface area contributed by atoms with Gasteiger partial charge in [0.2, 0.25) is 0 Å². The largest absolute Gasteiger partial charge is 0.349 e. The molecule has 204 valence electrons. The van der Waals surface area contributed by atoms with Gasteiger partial charge in [0.15, 0.2) is 0 Å². The van der Waals surface area contributed by atoms with E-state index in [0.717, 1.165) is 52.4 Å². The van der Waals surface area contributed by atoms with E-state index in [2.05, 4.69) is 60.5 Å². The second-order valence-electron chi connectivity index (χ2n) is 13.3. The zero-order valence-corrected chi connectivity index (χ0v) is 24.8. The molecule has 2 N–H and O–H groups in total. The lowest BCUT2D eigenvalue weighted by Crippen LogP contribution is -2.39. The van der Waals surface area contributed by atoms with Crippen molar-refractivity contribution in [1.82, 2.24) is 14.6 Å². The van der Waals surface area contributed by atoms with E-state index in [1.807, 2.05) is 26.8 Å².